The van der Waals surface area contributed by atoms with Crippen LogP contribution in [0.15, 0.2) is 36.7 Å². The maximum absolute atomic E-state index is 14.2. The highest BCUT2D eigenvalue weighted by molar-refractivity contribution is 5.68. The van der Waals surface area contributed by atoms with Crippen molar-refractivity contribution in [3.8, 4) is 17.1 Å². The maximum Gasteiger partial charge on any atom is 0.142 e. The van der Waals surface area contributed by atoms with Crippen molar-refractivity contribution in [3.05, 3.63) is 53.9 Å². The molecule has 3 aromatic rings. The summed E-state index contributed by atoms with van der Waals surface area (Å²) >= 11 is 0. The molecule has 1 aromatic carbocycles. The number of aryl methyl sites for hydroxylation is 2. The molecule has 0 spiro atoms. The van der Waals surface area contributed by atoms with E-state index in [1.54, 1.807) is 16.9 Å². The molecule has 7 nitrogen and oxygen atoms in total. The summed E-state index contributed by atoms with van der Waals surface area (Å²) in [5.74, 6) is 0.268. The summed E-state index contributed by atoms with van der Waals surface area (Å²) in [5, 5.41) is 14.6. The third-order valence-electron chi connectivity index (χ3n) is 5.46. The lowest BCUT2D eigenvalue weighted by Gasteiger charge is -2.21. The Hall–Kier alpha value is -2.55. The highest BCUT2D eigenvalue weighted by atomic mass is 19.1. The van der Waals surface area contributed by atoms with Gasteiger partial charge >= 0.3 is 0 Å². The Morgan fingerprint density at radius 1 is 1.14 bits per heavy atom. The summed E-state index contributed by atoms with van der Waals surface area (Å²) in [4.78, 5) is 4.51. The first-order valence-electron chi connectivity index (χ1n) is 9.30. The molecule has 0 bridgehead atoms. The van der Waals surface area contributed by atoms with Crippen molar-refractivity contribution < 1.29 is 19.0 Å². The Kier molecular flexibility index (Phi) is 4.08. The minimum Gasteiger partial charge on any atom is -0.388 e. The smallest absolute Gasteiger partial charge is 0.142 e. The molecule has 2 aliphatic heterocycles. The average Bonchev–Trinajstić information content (AvgIpc) is 3.41. The van der Waals surface area contributed by atoms with Gasteiger partial charge in [-0.25, -0.2) is 14.1 Å². The van der Waals surface area contributed by atoms with Crippen molar-refractivity contribution in [2.75, 3.05) is 13.2 Å². The van der Waals surface area contributed by atoms with Crippen LogP contribution in [-0.2, 0) is 9.47 Å². The number of aliphatic hydroxyl groups excluding tert-OH is 1. The van der Waals surface area contributed by atoms with Crippen molar-refractivity contribution in [2.45, 2.75) is 38.2 Å². The molecule has 0 aliphatic carbocycles. The number of ether oxygens (including phenoxy) is 2. The van der Waals surface area contributed by atoms with Crippen LogP contribution in [0.1, 0.15) is 17.4 Å². The summed E-state index contributed by atoms with van der Waals surface area (Å²) in [5.41, 5.74) is 3.23. The van der Waals surface area contributed by atoms with Gasteiger partial charge in [0.2, 0.25) is 0 Å². The monoisotopic (exact) mass is 384 g/mol. The predicted octanol–water partition coefficient (Wildman–Crippen LogP) is 2.19. The zero-order valence-corrected chi connectivity index (χ0v) is 15.6. The highest BCUT2D eigenvalue weighted by Crippen LogP contribution is 2.37. The van der Waals surface area contributed by atoms with Crippen LogP contribution in [0, 0.1) is 19.7 Å². The fraction of sp³-hybridized carbons (Fsp3) is 0.400. The number of hydrogen-bond donors (Lipinski definition) is 1. The Morgan fingerprint density at radius 3 is 2.75 bits per heavy atom. The Balaban J connectivity index is 1.61. The van der Waals surface area contributed by atoms with Gasteiger partial charge in [-0.1, -0.05) is 0 Å². The summed E-state index contributed by atoms with van der Waals surface area (Å²) in [6.45, 7) is 4.54. The second-order valence-electron chi connectivity index (χ2n) is 7.39. The molecular weight excluding hydrogens is 363 g/mol. The lowest BCUT2D eigenvalue weighted by Crippen LogP contribution is -2.30. The summed E-state index contributed by atoms with van der Waals surface area (Å²) in [6.07, 6.45) is 2.30. The third-order valence-corrected chi connectivity index (χ3v) is 5.46. The van der Waals surface area contributed by atoms with E-state index in [-0.39, 0.29) is 30.7 Å². The number of hydrogen-bond acceptors (Lipinski definition) is 5. The second-order valence-corrected chi connectivity index (χ2v) is 7.39. The number of aromatic nitrogens is 4. The summed E-state index contributed by atoms with van der Waals surface area (Å²) in [7, 11) is 0. The van der Waals surface area contributed by atoms with Crippen LogP contribution < -0.4 is 0 Å². The van der Waals surface area contributed by atoms with E-state index in [1.165, 1.54) is 12.1 Å². The first kappa shape index (κ1) is 17.5. The van der Waals surface area contributed by atoms with Gasteiger partial charge in [-0.15, -0.1) is 0 Å². The molecule has 0 radical (unpaired) electrons. The van der Waals surface area contributed by atoms with E-state index in [9.17, 15) is 9.50 Å². The van der Waals surface area contributed by atoms with Crippen molar-refractivity contribution in [3.63, 3.8) is 0 Å². The first-order chi connectivity index (χ1) is 13.5. The van der Waals surface area contributed by atoms with E-state index >= 15 is 0 Å². The minimum atomic E-state index is -0.624. The Bertz CT molecular complexity index is 1030. The fourth-order valence-corrected chi connectivity index (χ4v) is 4.23. The Morgan fingerprint density at radius 2 is 1.96 bits per heavy atom. The number of rotatable bonds is 3. The first-order valence-corrected chi connectivity index (χ1v) is 9.30. The molecule has 2 aromatic heterocycles. The zero-order valence-electron chi connectivity index (χ0n) is 15.6. The number of benzene rings is 1. The topological polar surface area (TPSA) is 74.3 Å². The van der Waals surface area contributed by atoms with Crippen LogP contribution >= 0.6 is 0 Å². The number of nitrogens with zero attached hydrogens (tertiary/aromatic N) is 4. The van der Waals surface area contributed by atoms with E-state index in [0.29, 0.717) is 18.0 Å². The predicted molar refractivity (Wildman–Crippen MR) is 98.7 cm³/mol. The van der Waals surface area contributed by atoms with Crippen LogP contribution in [0.5, 0.6) is 0 Å². The molecule has 146 valence electrons. The van der Waals surface area contributed by atoms with E-state index < -0.39 is 6.10 Å². The van der Waals surface area contributed by atoms with Crippen LogP contribution in [0.4, 0.5) is 4.39 Å². The van der Waals surface area contributed by atoms with Gasteiger partial charge in [0.25, 0.3) is 0 Å². The second kappa shape index (κ2) is 6.51. The quantitative estimate of drug-likeness (QED) is 0.749. The molecule has 28 heavy (non-hydrogen) atoms. The number of halogens is 1. The molecule has 2 saturated heterocycles. The number of fused-ring (bicyclic) bond motifs is 1. The molecular formula is C20H21FN4O3. The van der Waals surface area contributed by atoms with Crippen molar-refractivity contribution >= 4 is 0 Å². The van der Waals surface area contributed by atoms with Crippen LogP contribution in [0.25, 0.3) is 17.1 Å². The van der Waals surface area contributed by atoms with Gasteiger partial charge in [0.05, 0.1) is 30.6 Å². The molecule has 4 heterocycles. The number of imidazole rings is 1. The normalized spacial score (nSPS) is 26.7. The van der Waals surface area contributed by atoms with Gasteiger partial charge in [0, 0.05) is 23.7 Å². The molecule has 2 fully saturated rings. The largest absolute Gasteiger partial charge is 0.388 e. The Labute approximate surface area is 161 Å². The van der Waals surface area contributed by atoms with Crippen LogP contribution in [0.3, 0.4) is 0 Å². The van der Waals surface area contributed by atoms with Crippen LogP contribution in [-0.4, -0.2) is 56.0 Å². The minimum absolute atomic E-state index is 0.142. The molecule has 0 unspecified atom stereocenters. The molecule has 0 amide bonds. The molecule has 4 atom stereocenters. The van der Waals surface area contributed by atoms with Gasteiger partial charge < -0.3 is 19.1 Å². The standard InChI is InChI=1S/C20H21FN4O3/c1-11-7-12(2)25(23-11)15-4-3-13(21)8-14(15)20-22-5-6-24(20)16-9-27-19-17(26)10-28-18(16)19/h3-8,16-19,26H,9-10H2,1-2H3/t16-,17+,18+,19+/m0/s1. The molecule has 2 aliphatic rings. The summed E-state index contributed by atoms with van der Waals surface area (Å²) < 4.78 is 29.5. The maximum atomic E-state index is 14.2. The van der Waals surface area contributed by atoms with Crippen molar-refractivity contribution in [1.29, 1.82) is 0 Å². The van der Waals surface area contributed by atoms with Crippen molar-refractivity contribution in [1.82, 2.24) is 19.3 Å². The number of aliphatic hydroxyl groups is 1. The van der Waals surface area contributed by atoms with E-state index in [1.807, 2.05) is 30.7 Å². The van der Waals surface area contributed by atoms with Gasteiger partial charge in [-0.3, -0.25) is 0 Å². The van der Waals surface area contributed by atoms with E-state index in [4.69, 9.17) is 9.47 Å². The molecule has 8 heteroatoms. The van der Waals surface area contributed by atoms with Gasteiger partial charge in [0.1, 0.15) is 30.0 Å². The molecule has 1 N–H and O–H groups in total. The van der Waals surface area contributed by atoms with Gasteiger partial charge in [0.15, 0.2) is 0 Å². The van der Waals surface area contributed by atoms with E-state index in [0.717, 1.165) is 17.1 Å². The molecule has 0 saturated carbocycles. The fourth-order valence-electron chi connectivity index (χ4n) is 4.23. The van der Waals surface area contributed by atoms with Crippen molar-refractivity contribution in [2.24, 2.45) is 0 Å². The zero-order chi connectivity index (χ0) is 19.4. The lowest BCUT2D eigenvalue weighted by atomic mass is 10.1. The third kappa shape index (κ3) is 2.68. The van der Waals surface area contributed by atoms with E-state index in [2.05, 4.69) is 10.1 Å². The molecule has 5 rings (SSSR count). The summed E-state index contributed by atoms with van der Waals surface area (Å²) in [6, 6.07) is 6.45. The lowest BCUT2D eigenvalue weighted by molar-refractivity contribution is 0.0172. The van der Waals surface area contributed by atoms with Gasteiger partial charge in [-0.2, -0.15) is 5.10 Å². The average molecular weight is 384 g/mol. The highest BCUT2D eigenvalue weighted by Gasteiger charge is 2.48. The van der Waals surface area contributed by atoms with Gasteiger partial charge in [-0.05, 0) is 38.1 Å². The van der Waals surface area contributed by atoms with Crippen LogP contribution in [0.2, 0.25) is 0 Å². The SMILES string of the molecule is Cc1cc(C)n(-c2ccc(F)cc2-c2nccn2[C@H]2CO[C@H]3[C@@H]2OC[C@H]3O)n1.